The second-order valence-electron chi connectivity index (χ2n) is 8.48. The summed E-state index contributed by atoms with van der Waals surface area (Å²) in [6, 6.07) is 5.18. The third-order valence-corrected chi connectivity index (χ3v) is 8.03. The number of amides is 2. The number of nitrogens with one attached hydrogen (secondary N) is 1. The molecule has 1 saturated carbocycles. The van der Waals surface area contributed by atoms with Gasteiger partial charge >= 0.3 is 6.03 Å². The van der Waals surface area contributed by atoms with Crippen LogP contribution in [0.2, 0.25) is 0 Å². The summed E-state index contributed by atoms with van der Waals surface area (Å²) in [5.41, 5.74) is 1.43. The van der Waals surface area contributed by atoms with Crippen LogP contribution in [0.3, 0.4) is 0 Å². The van der Waals surface area contributed by atoms with Gasteiger partial charge in [0, 0.05) is 43.9 Å². The van der Waals surface area contributed by atoms with Crippen molar-refractivity contribution in [2.24, 2.45) is 5.92 Å². The second-order valence-corrected chi connectivity index (χ2v) is 10.4. The van der Waals surface area contributed by atoms with Gasteiger partial charge in [-0.1, -0.05) is 12.5 Å². The van der Waals surface area contributed by atoms with Crippen molar-refractivity contribution in [2.45, 2.75) is 56.4 Å². The summed E-state index contributed by atoms with van der Waals surface area (Å²) in [5, 5.41) is 2.98. The zero-order valence-electron chi connectivity index (χ0n) is 17.1. The lowest BCUT2D eigenvalue weighted by atomic mass is 10.1. The number of nitrogens with zero attached hydrogens (tertiary/aromatic N) is 2. The summed E-state index contributed by atoms with van der Waals surface area (Å²) in [6.07, 6.45) is 5.92. The largest absolute Gasteiger partial charge is 0.381 e. The predicted molar refractivity (Wildman–Crippen MR) is 111 cm³/mol. The van der Waals surface area contributed by atoms with Crippen molar-refractivity contribution in [2.75, 3.05) is 38.2 Å². The lowest BCUT2D eigenvalue weighted by Gasteiger charge is -2.27. The van der Waals surface area contributed by atoms with E-state index in [2.05, 4.69) is 5.32 Å². The molecule has 0 spiro atoms. The first-order valence-electron chi connectivity index (χ1n) is 10.7. The minimum Gasteiger partial charge on any atom is -0.381 e. The number of carbonyl (C=O) groups is 1. The van der Waals surface area contributed by atoms with Crippen LogP contribution in [0.25, 0.3) is 0 Å². The van der Waals surface area contributed by atoms with Crippen molar-refractivity contribution in [3.8, 4) is 0 Å². The standard InChI is InChI=1S/C21H31N3O4S/c1-16-5-8-19(29(26,27)23-10-3-2-4-11-23)13-20(16)22-21(25)24(18-6-7-18)14-17-9-12-28-15-17/h5,8,13,17-18H,2-4,6-7,9-12,14-15H2,1H3,(H,22,25). The highest BCUT2D eigenvalue weighted by molar-refractivity contribution is 7.89. The molecule has 1 aromatic rings. The zero-order valence-corrected chi connectivity index (χ0v) is 17.9. The minimum atomic E-state index is -3.53. The van der Waals surface area contributed by atoms with Crippen molar-refractivity contribution in [3.05, 3.63) is 23.8 Å². The van der Waals surface area contributed by atoms with Gasteiger partial charge in [0.15, 0.2) is 0 Å². The van der Waals surface area contributed by atoms with Crippen LogP contribution < -0.4 is 5.32 Å². The van der Waals surface area contributed by atoms with Crippen LogP contribution in [0.1, 0.15) is 44.1 Å². The van der Waals surface area contributed by atoms with E-state index in [4.69, 9.17) is 4.74 Å². The number of aryl methyl sites for hydroxylation is 1. The van der Waals surface area contributed by atoms with Gasteiger partial charge in [-0.3, -0.25) is 0 Å². The number of piperidine rings is 1. The molecule has 2 saturated heterocycles. The summed E-state index contributed by atoms with van der Waals surface area (Å²) in [7, 11) is -3.53. The van der Waals surface area contributed by atoms with Gasteiger partial charge in [-0.05, 0) is 56.7 Å². The average Bonchev–Trinajstić information content (AvgIpc) is 3.43. The van der Waals surface area contributed by atoms with Gasteiger partial charge in [0.2, 0.25) is 10.0 Å². The number of ether oxygens (including phenoxy) is 1. The number of rotatable bonds is 6. The minimum absolute atomic E-state index is 0.143. The average molecular weight is 422 g/mol. The van der Waals surface area contributed by atoms with E-state index in [1.54, 1.807) is 22.5 Å². The molecule has 0 aromatic heterocycles. The third-order valence-electron chi connectivity index (χ3n) is 6.13. The van der Waals surface area contributed by atoms with Crippen LogP contribution in [0.5, 0.6) is 0 Å². The summed E-state index contributed by atoms with van der Waals surface area (Å²) in [6.45, 7) is 5.19. The molecule has 1 aromatic carbocycles. The molecule has 3 fully saturated rings. The molecular formula is C21H31N3O4S. The van der Waals surface area contributed by atoms with Crippen LogP contribution in [0.15, 0.2) is 23.1 Å². The van der Waals surface area contributed by atoms with E-state index in [9.17, 15) is 13.2 Å². The molecule has 2 amide bonds. The number of hydrogen-bond acceptors (Lipinski definition) is 4. The van der Waals surface area contributed by atoms with Gasteiger partial charge in [0.05, 0.1) is 11.5 Å². The molecule has 4 rings (SSSR count). The van der Waals surface area contributed by atoms with Gasteiger partial charge in [-0.25, -0.2) is 13.2 Å². The fourth-order valence-corrected chi connectivity index (χ4v) is 5.67. The molecular weight excluding hydrogens is 390 g/mol. The Morgan fingerprint density at radius 1 is 1.21 bits per heavy atom. The molecule has 0 radical (unpaired) electrons. The highest BCUT2D eigenvalue weighted by atomic mass is 32.2. The molecule has 7 nitrogen and oxygen atoms in total. The first-order chi connectivity index (χ1) is 13.9. The van der Waals surface area contributed by atoms with Crippen molar-refractivity contribution in [3.63, 3.8) is 0 Å². The second kappa shape index (κ2) is 8.62. The van der Waals surface area contributed by atoms with E-state index in [0.717, 1.165) is 50.7 Å². The fourth-order valence-electron chi connectivity index (χ4n) is 4.13. The summed E-state index contributed by atoms with van der Waals surface area (Å²) in [5.74, 6) is 0.383. The fraction of sp³-hybridized carbons (Fsp3) is 0.667. The lowest BCUT2D eigenvalue weighted by Crippen LogP contribution is -2.40. The number of anilines is 1. The van der Waals surface area contributed by atoms with Gasteiger partial charge in [-0.15, -0.1) is 0 Å². The normalized spacial score (nSPS) is 23.1. The first-order valence-corrected chi connectivity index (χ1v) is 12.2. The van der Waals surface area contributed by atoms with Crippen LogP contribution in [0, 0.1) is 12.8 Å². The Hall–Kier alpha value is -1.64. The van der Waals surface area contributed by atoms with E-state index in [0.29, 0.717) is 37.8 Å². The number of sulfonamides is 1. The summed E-state index contributed by atoms with van der Waals surface area (Å²) < 4.78 is 33.0. The maximum absolute atomic E-state index is 13.0. The van der Waals surface area contributed by atoms with Crippen LogP contribution in [-0.2, 0) is 14.8 Å². The molecule has 1 unspecified atom stereocenters. The molecule has 160 valence electrons. The predicted octanol–water partition coefficient (Wildman–Crippen LogP) is 3.20. The monoisotopic (exact) mass is 421 g/mol. The number of carbonyl (C=O) groups excluding carboxylic acids is 1. The van der Waals surface area contributed by atoms with Crippen molar-refractivity contribution < 1.29 is 17.9 Å². The topological polar surface area (TPSA) is 79.0 Å². The SMILES string of the molecule is Cc1ccc(S(=O)(=O)N2CCCCC2)cc1NC(=O)N(CC1CCOC1)C1CC1. The van der Waals surface area contributed by atoms with E-state index < -0.39 is 10.0 Å². The molecule has 0 bridgehead atoms. The van der Waals surface area contributed by atoms with Crippen LogP contribution in [0.4, 0.5) is 10.5 Å². The summed E-state index contributed by atoms with van der Waals surface area (Å²) >= 11 is 0. The quantitative estimate of drug-likeness (QED) is 0.765. The van der Waals surface area contributed by atoms with Crippen LogP contribution >= 0.6 is 0 Å². The molecule has 3 aliphatic rings. The lowest BCUT2D eigenvalue weighted by molar-refractivity contribution is 0.167. The first kappa shape index (κ1) is 20.6. The van der Waals surface area contributed by atoms with Gasteiger partial charge in [-0.2, -0.15) is 4.31 Å². The molecule has 1 atom stereocenters. The Balaban J connectivity index is 1.50. The van der Waals surface area contributed by atoms with Gasteiger partial charge in [0.25, 0.3) is 0 Å². The Kier molecular flexibility index (Phi) is 6.13. The number of urea groups is 1. The maximum Gasteiger partial charge on any atom is 0.322 e. The van der Waals surface area contributed by atoms with E-state index >= 15 is 0 Å². The van der Waals surface area contributed by atoms with Gasteiger partial charge < -0.3 is 15.0 Å². The van der Waals surface area contributed by atoms with E-state index in [1.165, 1.54) is 0 Å². The van der Waals surface area contributed by atoms with Crippen LogP contribution in [-0.4, -0.2) is 62.5 Å². The Morgan fingerprint density at radius 3 is 2.62 bits per heavy atom. The molecule has 2 heterocycles. The highest BCUT2D eigenvalue weighted by Gasteiger charge is 2.35. The van der Waals surface area contributed by atoms with E-state index in [-0.39, 0.29) is 17.0 Å². The Morgan fingerprint density at radius 2 is 1.97 bits per heavy atom. The maximum atomic E-state index is 13.0. The smallest absolute Gasteiger partial charge is 0.322 e. The molecule has 29 heavy (non-hydrogen) atoms. The van der Waals surface area contributed by atoms with Crippen molar-refractivity contribution in [1.82, 2.24) is 9.21 Å². The van der Waals surface area contributed by atoms with Crippen molar-refractivity contribution >= 4 is 21.7 Å². The number of benzene rings is 1. The van der Waals surface area contributed by atoms with Gasteiger partial charge in [0.1, 0.15) is 0 Å². The Labute approximate surface area is 173 Å². The van der Waals surface area contributed by atoms with Crippen molar-refractivity contribution in [1.29, 1.82) is 0 Å². The zero-order chi connectivity index (χ0) is 20.4. The van der Waals surface area contributed by atoms with E-state index in [1.807, 2.05) is 11.8 Å². The summed E-state index contributed by atoms with van der Waals surface area (Å²) in [4.78, 5) is 15.2. The molecule has 2 aliphatic heterocycles. The Bertz CT molecular complexity index is 841. The highest BCUT2D eigenvalue weighted by Crippen LogP contribution is 2.31. The number of hydrogen-bond donors (Lipinski definition) is 1. The molecule has 1 N–H and O–H groups in total. The molecule has 1 aliphatic carbocycles. The molecule has 8 heteroatoms. The third kappa shape index (κ3) is 4.75.